The van der Waals surface area contributed by atoms with Crippen molar-refractivity contribution in [2.24, 2.45) is 11.8 Å². The summed E-state index contributed by atoms with van der Waals surface area (Å²) in [7, 11) is 2.04. The van der Waals surface area contributed by atoms with E-state index in [9.17, 15) is 0 Å². The van der Waals surface area contributed by atoms with Crippen molar-refractivity contribution in [2.75, 3.05) is 7.05 Å². The number of hydrogen-bond donors (Lipinski definition) is 1. The topological polar surface area (TPSA) is 12.0 Å². The third kappa shape index (κ3) is 2.06. The monoisotopic (exact) mass is 153 g/mol. The van der Waals surface area contributed by atoms with E-state index in [-0.39, 0.29) is 0 Å². The molecule has 1 rings (SSSR count). The smallest absolute Gasteiger partial charge is 0.0250 e. The molecule has 0 spiro atoms. The van der Waals surface area contributed by atoms with Gasteiger partial charge in [-0.3, -0.25) is 0 Å². The lowest BCUT2D eigenvalue weighted by atomic mass is 9.81. The summed E-state index contributed by atoms with van der Waals surface area (Å²) in [5.41, 5.74) is 0. The largest absolute Gasteiger partial charge is 0.314 e. The summed E-state index contributed by atoms with van der Waals surface area (Å²) in [6.45, 7) is 4.60. The first-order chi connectivity index (χ1) is 5.27. The van der Waals surface area contributed by atoms with Crippen molar-refractivity contribution in [2.45, 2.75) is 32.7 Å². The first kappa shape index (κ1) is 8.79. The van der Waals surface area contributed by atoms with Crippen LogP contribution in [0, 0.1) is 11.8 Å². The molecule has 0 aromatic heterocycles. The van der Waals surface area contributed by atoms with Gasteiger partial charge in [-0.05, 0) is 25.3 Å². The number of likely N-dealkylation sites (N-methyl/N-ethyl adjacent to an activating group) is 1. The lowest BCUT2D eigenvalue weighted by Gasteiger charge is -2.28. The minimum Gasteiger partial charge on any atom is -0.314 e. The van der Waals surface area contributed by atoms with Crippen LogP contribution in [-0.2, 0) is 0 Å². The molecule has 0 aromatic carbocycles. The van der Waals surface area contributed by atoms with Crippen molar-refractivity contribution in [1.82, 2.24) is 5.32 Å². The molecule has 3 unspecified atom stereocenters. The van der Waals surface area contributed by atoms with Crippen LogP contribution in [-0.4, -0.2) is 13.1 Å². The van der Waals surface area contributed by atoms with Crippen molar-refractivity contribution in [3.63, 3.8) is 0 Å². The second kappa shape index (κ2) is 3.91. The molecule has 0 heterocycles. The van der Waals surface area contributed by atoms with E-state index in [1.807, 2.05) is 7.05 Å². The van der Waals surface area contributed by atoms with E-state index in [1.54, 1.807) is 0 Å². The zero-order valence-electron chi connectivity index (χ0n) is 7.80. The summed E-state index contributed by atoms with van der Waals surface area (Å²) in [6, 6.07) is 0.621. The molecule has 0 aromatic rings. The van der Waals surface area contributed by atoms with Gasteiger partial charge < -0.3 is 5.32 Å². The lowest BCUT2D eigenvalue weighted by molar-refractivity contribution is 0.332. The van der Waals surface area contributed by atoms with Gasteiger partial charge in [0.05, 0.1) is 0 Å². The summed E-state index contributed by atoms with van der Waals surface area (Å²) in [4.78, 5) is 0. The van der Waals surface area contributed by atoms with E-state index >= 15 is 0 Å². The van der Waals surface area contributed by atoms with Gasteiger partial charge in [-0.15, -0.1) is 0 Å². The van der Waals surface area contributed by atoms with Crippen LogP contribution in [0.5, 0.6) is 0 Å². The maximum atomic E-state index is 3.30. The van der Waals surface area contributed by atoms with Gasteiger partial charge in [0.25, 0.3) is 0 Å². The number of hydrogen-bond acceptors (Lipinski definition) is 1. The van der Waals surface area contributed by atoms with E-state index < -0.39 is 0 Å². The van der Waals surface area contributed by atoms with Crippen LogP contribution in [0.4, 0.5) is 0 Å². The molecule has 3 atom stereocenters. The molecule has 0 aliphatic heterocycles. The summed E-state index contributed by atoms with van der Waals surface area (Å²) in [6.07, 6.45) is 7.27. The Hall–Kier alpha value is -0.300. The van der Waals surface area contributed by atoms with Crippen molar-refractivity contribution in [3.8, 4) is 0 Å². The highest BCUT2D eigenvalue weighted by Crippen LogP contribution is 2.26. The number of allylic oxidation sites excluding steroid dienone is 1. The van der Waals surface area contributed by atoms with Gasteiger partial charge in [0.2, 0.25) is 0 Å². The van der Waals surface area contributed by atoms with Crippen molar-refractivity contribution in [1.29, 1.82) is 0 Å². The first-order valence-electron chi connectivity index (χ1n) is 4.63. The standard InChI is InChI=1S/C10H19N/c1-4-9-7-10(11-3)6-5-8(9)2/h5-6,8-11H,4,7H2,1-3H3. The van der Waals surface area contributed by atoms with Gasteiger partial charge in [0.15, 0.2) is 0 Å². The van der Waals surface area contributed by atoms with Crippen LogP contribution in [0.2, 0.25) is 0 Å². The van der Waals surface area contributed by atoms with Gasteiger partial charge in [-0.2, -0.15) is 0 Å². The molecule has 1 nitrogen and oxygen atoms in total. The molecule has 0 fully saturated rings. The summed E-state index contributed by atoms with van der Waals surface area (Å²) >= 11 is 0. The average Bonchev–Trinajstić information content (AvgIpc) is 2.05. The minimum atomic E-state index is 0.621. The Morgan fingerprint density at radius 2 is 2.18 bits per heavy atom. The van der Waals surface area contributed by atoms with E-state index in [0.717, 1.165) is 11.8 Å². The zero-order valence-corrected chi connectivity index (χ0v) is 7.80. The van der Waals surface area contributed by atoms with Gasteiger partial charge >= 0.3 is 0 Å². The third-order valence-corrected chi connectivity index (χ3v) is 2.84. The Balaban J connectivity index is 2.52. The summed E-state index contributed by atoms with van der Waals surface area (Å²) in [5.74, 6) is 1.67. The van der Waals surface area contributed by atoms with Crippen molar-refractivity contribution >= 4 is 0 Å². The van der Waals surface area contributed by atoms with Gasteiger partial charge in [0.1, 0.15) is 0 Å². The molecule has 1 heteroatoms. The Bertz CT molecular complexity index is 140. The maximum absolute atomic E-state index is 3.30. The highest BCUT2D eigenvalue weighted by atomic mass is 14.9. The van der Waals surface area contributed by atoms with Gasteiger partial charge in [-0.1, -0.05) is 32.4 Å². The molecule has 0 bridgehead atoms. The molecule has 1 aliphatic carbocycles. The molecule has 0 amide bonds. The van der Waals surface area contributed by atoms with Gasteiger partial charge in [-0.25, -0.2) is 0 Å². The Morgan fingerprint density at radius 1 is 1.45 bits per heavy atom. The number of rotatable bonds is 2. The van der Waals surface area contributed by atoms with Crippen LogP contribution in [0.1, 0.15) is 26.7 Å². The molecular formula is C10H19N. The zero-order chi connectivity index (χ0) is 8.27. The highest BCUT2D eigenvalue weighted by Gasteiger charge is 2.20. The summed E-state index contributed by atoms with van der Waals surface area (Å²) in [5, 5.41) is 3.30. The Kier molecular flexibility index (Phi) is 3.13. The minimum absolute atomic E-state index is 0.621. The molecule has 0 saturated carbocycles. The van der Waals surface area contributed by atoms with Crippen LogP contribution in [0.15, 0.2) is 12.2 Å². The maximum Gasteiger partial charge on any atom is 0.0250 e. The fourth-order valence-corrected chi connectivity index (χ4v) is 1.84. The molecule has 1 aliphatic rings. The second-order valence-electron chi connectivity index (χ2n) is 3.54. The van der Waals surface area contributed by atoms with Crippen LogP contribution in [0.25, 0.3) is 0 Å². The van der Waals surface area contributed by atoms with Crippen LogP contribution in [0.3, 0.4) is 0 Å². The summed E-state index contributed by atoms with van der Waals surface area (Å²) < 4.78 is 0. The molecule has 0 radical (unpaired) electrons. The molecule has 64 valence electrons. The van der Waals surface area contributed by atoms with Crippen molar-refractivity contribution in [3.05, 3.63) is 12.2 Å². The van der Waals surface area contributed by atoms with E-state index in [0.29, 0.717) is 6.04 Å². The molecular weight excluding hydrogens is 134 g/mol. The highest BCUT2D eigenvalue weighted by molar-refractivity contribution is 5.02. The third-order valence-electron chi connectivity index (χ3n) is 2.84. The SMILES string of the molecule is CCC1CC(NC)C=CC1C. The lowest BCUT2D eigenvalue weighted by Crippen LogP contribution is -2.30. The fourth-order valence-electron chi connectivity index (χ4n) is 1.84. The van der Waals surface area contributed by atoms with E-state index in [4.69, 9.17) is 0 Å². The van der Waals surface area contributed by atoms with Crippen LogP contribution >= 0.6 is 0 Å². The van der Waals surface area contributed by atoms with Crippen molar-refractivity contribution < 1.29 is 0 Å². The molecule has 11 heavy (non-hydrogen) atoms. The Morgan fingerprint density at radius 3 is 2.73 bits per heavy atom. The normalized spacial score (nSPS) is 37.5. The molecule has 1 N–H and O–H groups in total. The quantitative estimate of drug-likeness (QED) is 0.600. The van der Waals surface area contributed by atoms with E-state index in [1.165, 1.54) is 12.8 Å². The Labute approximate surface area is 69.9 Å². The second-order valence-corrected chi connectivity index (χ2v) is 3.54. The average molecular weight is 153 g/mol. The fraction of sp³-hybridized carbons (Fsp3) is 0.800. The van der Waals surface area contributed by atoms with E-state index in [2.05, 4.69) is 31.3 Å². The predicted octanol–water partition coefficient (Wildman–Crippen LogP) is 2.20. The van der Waals surface area contributed by atoms with Gasteiger partial charge in [0, 0.05) is 6.04 Å². The predicted molar refractivity (Wildman–Crippen MR) is 49.5 cm³/mol. The number of nitrogens with one attached hydrogen (secondary N) is 1. The first-order valence-corrected chi connectivity index (χ1v) is 4.63. The van der Waals surface area contributed by atoms with Crippen LogP contribution < -0.4 is 5.32 Å². The molecule has 0 saturated heterocycles.